The van der Waals surface area contributed by atoms with E-state index in [4.69, 9.17) is 9.47 Å². The van der Waals surface area contributed by atoms with E-state index in [1.54, 1.807) is 24.3 Å². The summed E-state index contributed by atoms with van der Waals surface area (Å²) in [6, 6.07) is 13.3. The molecule has 190 valence electrons. The van der Waals surface area contributed by atoms with E-state index in [9.17, 15) is 31.3 Å². The predicted octanol–water partition coefficient (Wildman–Crippen LogP) is 1.26. The summed E-state index contributed by atoms with van der Waals surface area (Å²) in [7, 11) is -6.16. The number of carbonyl (C=O) groups is 2. The molecule has 2 aromatic carbocycles. The Labute approximate surface area is 217 Å². The monoisotopic (exact) mass is 743 g/mol. The van der Waals surface area contributed by atoms with Crippen LogP contribution in [0.25, 0.3) is 0 Å². The SMILES string of the molecule is O=C(COc1ccc([Te][Te]c2ccc(OC(=O)C(F)(F)S(=O)(=O)[O-])cc2)cc1)OC1CCCCC1. The maximum absolute atomic E-state index is 13.2. The van der Waals surface area contributed by atoms with E-state index < -0.39 is 55.5 Å². The number of benzene rings is 2. The van der Waals surface area contributed by atoms with Crippen LogP contribution in [0.5, 0.6) is 11.5 Å². The van der Waals surface area contributed by atoms with E-state index in [-0.39, 0.29) is 24.4 Å². The second-order valence-electron chi connectivity index (χ2n) is 7.51. The van der Waals surface area contributed by atoms with Crippen molar-refractivity contribution in [1.29, 1.82) is 0 Å². The average molecular weight is 739 g/mol. The van der Waals surface area contributed by atoms with Gasteiger partial charge in [0, 0.05) is 0 Å². The quantitative estimate of drug-likeness (QED) is 0.155. The fourth-order valence-electron chi connectivity index (χ4n) is 3.06. The molecule has 0 amide bonds. The molecule has 1 saturated carbocycles. The van der Waals surface area contributed by atoms with Gasteiger partial charge in [0.1, 0.15) is 0 Å². The van der Waals surface area contributed by atoms with Crippen molar-refractivity contribution in [3.8, 4) is 11.5 Å². The number of rotatable bonds is 10. The van der Waals surface area contributed by atoms with Crippen molar-refractivity contribution >= 4 is 63.4 Å². The van der Waals surface area contributed by atoms with Crippen molar-refractivity contribution in [1.82, 2.24) is 0 Å². The van der Waals surface area contributed by atoms with E-state index in [0.717, 1.165) is 29.3 Å². The zero-order valence-corrected chi connectivity index (χ0v) is 23.7. The third-order valence-electron chi connectivity index (χ3n) is 4.85. The predicted molar refractivity (Wildman–Crippen MR) is 122 cm³/mol. The number of alkyl halides is 2. The molecule has 3 rings (SSSR count). The van der Waals surface area contributed by atoms with Crippen LogP contribution in [0.15, 0.2) is 48.5 Å². The second kappa shape index (κ2) is 12.7. The van der Waals surface area contributed by atoms with Crippen molar-refractivity contribution in [2.24, 2.45) is 0 Å². The molecular formula is C22H21F2O8STe2-. The second-order valence-corrected chi connectivity index (χ2v) is 19.0. The summed E-state index contributed by atoms with van der Waals surface area (Å²) in [6.07, 6.45) is 5.15. The number of ether oxygens (including phenoxy) is 3. The van der Waals surface area contributed by atoms with Gasteiger partial charge in [-0.2, -0.15) is 0 Å². The molecule has 13 heteroatoms. The van der Waals surface area contributed by atoms with Crippen LogP contribution in [0, 0.1) is 0 Å². The molecule has 0 heterocycles. The Morgan fingerprint density at radius 1 is 0.914 bits per heavy atom. The molecule has 8 nitrogen and oxygen atoms in total. The third-order valence-corrected chi connectivity index (χ3v) is 17.5. The van der Waals surface area contributed by atoms with Gasteiger partial charge < -0.3 is 0 Å². The van der Waals surface area contributed by atoms with Gasteiger partial charge in [0.05, 0.1) is 0 Å². The molecule has 0 aliphatic heterocycles. The fraction of sp³-hybridized carbons (Fsp3) is 0.364. The van der Waals surface area contributed by atoms with Crippen LogP contribution in [0.4, 0.5) is 8.78 Å². The minimum atomic E-state index is -6.16. The Morgan fingerprint density at radius 2 is 1.43 bits per heavy atom. The topological polar surface area (TPSA) is 119 Å². The standard InChI is InChI=1S/C22H22F2O8STe2/c23-22(24,33(27,28)29)21(26)32-17-8-12-19(13-9-17)35-34-18-10-6-15(7-11-18)30-14-20(25)31-16-4-2-1-3-5-16/h6-13,16H,1-5,14H2,(H,27,28,29)/p-1. The zero-order chi connectivity index (χ0) is 25.5. The van der Waals surface area contributed by atoms with E-state index in [1.807, 2.05) is 12.1 Å². The third kappa shape index (κ3) is 8.56. The summed E-state index contributed by atoms with van der Waals surface area (Å²) < 4.78 is 75.3. The van der Waals surface area contributed by atoms with Crippen LogP contribution in [0.2, 0.25) is 0 Å². The minimum absolute atomic E-state index is 0.00599. The molecule has 0 aromatic heterocycles. The first-order chi connectivity index (χ1) is 16.5. The molecule has 1 aliphatic rings. The van der Waals surface area contributed by atoms with Gasteiger partial charge in [0.2, 0.25) is 0 Å². The molecule has 0 spiro atoms. The van der Waals surface area contributed by atoms with Gasteiger partial charge in [-0.1, -0.05) is 0 Å². The first-order valence-electron chi connectivity index (χ1n) is 10.5. The Bertz CT molecular complexity index is 1120. The Balaban J connectivity index is 1.43. The molecule has 35 heavy (non-hydrogen) atoms. The number of carbonyl (C=O) groups excluding carboxylic acids is 2. The molecule has 0 unspecified atom stereocenters. The van der Waals surface area contributed by atoms with Crippen molar-refractivity contribution < 1.29 is 45.6 Å². The van der Waals surface area contributed by atoms with Crippen molar-refractivity contribution in [2.75, 3.05) is 6.61 Å². The van der Waals surface area contributed by atoms with Crippen LogP contribution in [-0.2, 0) is 24.4 Å². The first kappa shape index (κ1) is 28.1. The summed E-state index contributed by atoms with van der Waals surface area (Å²) in [4.78, 5) is 23.3. The normalized spacial score (nSPS) is 14.8. The van der Waals surface area contributed by atoms with E-state index in [2.05, 4.69) is 4.74 Å². The van der Waals surface area contributed by atoms with Gasteiger partial charge in [0.15, 0.2) is 0 Å². The van der Waals surface area contributed by atoms with Crippen LogP contribution in [-0.4, -0.2) is 77.0 Å². The van der Waals surface area contributed by atoms with Gasteiger partial charge in [-0.25, -0.2) is 0 Å². The van der Waals surface area contributed by atoms with Crippen LogP contribution < -0.4 is 16.7 Å². The van der Waals surface area contributed by atoms with Gasteiger partial charge in [-0.05, 0) is 0 Å². The summed E-state index contributed by atoms with van der Waals surface area (Å²) in [6.45, 7) is -0.135. The van der Waals surface area contributed by atoms with E-state index in [1.165, 1.54) is 22.2 Å². The molecule has 0 radical (unpaired) electrons. The first-order valence-corrected chi connectivity index (χ1v) is 21.5. The fourth-order valence-corrected chi connectivity index (χ4v) is 13.2. The molecule has 0 saturated heterocycles. The molecule has 2 aromatic rings. The van der Waals surface area contributed by atoms with E-state index >= 15 is 0 Å². The van der Waals surface area contributed by atoms with Gasteiger partial charge >= 0.3 is 219 Å². The number of esters is 2. The van der Waals surface area contributed by atoms with E-state index in [0.29, 0.717) is 5.75 Å². The molecule has 1 fully saturated rings. The van der Waals surface area contributed by atoms with Gasteiger partial charge in [-0.15, -0.1) is 0 Å². The maximum atomic E-state index is 13.2. The van der Waals surface area contributed by atoms with Gasteiger partial charge in [-0.3, -0.25) is 0 Å². The van der Waals surface area contributed by atoms with Crippen molar-refractivity contribution in [3.05, 3.63) is 48.5 Å². The number of hydrogen-bond acceptors (Lipinski definition) is 8. The van der Waals surface area contributed by atoms with Crippen LogP contribution >= 0.6 is 0 Å². The summed E-state index contributed by atoms with van der Waals surface area (Å²) >= 11 is -1.11. The Morgan fingerprint density at radius 3 is 1.94 bits per heavy atom. The number of hydrogen-bond donors (Lipinski definition) is 0. The molecule has 0 N–H and O–H groups in total. The zero-order valence-electron chi connectivity index (χ0n) is 18.2. The van der Waals surface area contributed by atoms with Crippen LogP contribution in [0.1, 0.15) is 32.1 Å². The molecule has 0 bridgehead atoms. The molecule has 0 atom stereocenters. The van der Waals surface area contributed by atoms with Crippen molar-refractivity contribution in [2.45, 2.75) is 43.5 Å². The summed E-state index contributed by atoms with van der Waals surface area (Å²) in [5, 5.41) is -5.15. The Hall–Kier alpha value is -1.47. The summed E-state index contributed by atoms with van der Waals surface area (Å²) in [5.41, 5.74) is 0. The summed E-state index contributed by atoms with van der Waals surface area (Å²) in [5.74, 6) is -2.51. The molecule has 1 aliphatic carbocycles. The van der Waals surface area contributed by atoms with Crippen molar-refractivity contribution in [3.63, 3.8) is 0 Å². The van der Waals surface area contributed by atoms with Crippen LogP contribution in [0.3, 0.4) is 0 Å². The molecular weight excluding hydrogens is 717 g/mol. The average Bonchev–Trinajstić information content (AvgIpc) is 2.83. The number of halogens is 2. The Kier molecular flexibility index (Phi) is 10.2. The van der Waals surface area contributed by atoms with Gasteiger partial charge in [0.25, 0.3) is 0 Å².